The minimum Gasteiger partial charge on any atom is -0.491 e. The summed E-state index contributed by atoms with van der Waals surface area (Å²) < 4.78 is 5.46. The minimum absolute atomic E-state index is 0.135. The molecule has 0 aliphatic carbocycles. The first kappa shape index (κ1) is 13.1. The van der Waals surface area contributed by atoms with Gasteiger partial charge in [-0.05, 0) is 24.1 Å². The van der Waals surface area contributed by atoms with E-state index in [1.54, 1.807) is 24.5 Å². The number of rotatable bonds is 6. The van der Waals surface area contributed by atoms with E-state index in [1.807, 2.05) is 30.3 Å². The van der Waals surface area contributed by atoms with Gasteiger partial charge in [-0.3, -0.25) is 9.78 Å². The zero-order valence-corrected chi connectivity index (χ0v) is 10.4. The van der Waals surface area contributed by atoms with Gasteiger partial charge in [0, 0.05) is 6.20 Å². The third-order valence-electron chi connectivity index (χ3n) is 2.76. The van der Waals surface area contributed by atoms with E-state index in [0.29, 0.717) is 12.2 Å². The number of hydrogen-bond acceptors (Lipinski definition) is 3. The average molecular weight is 257 g/mol. The Morgan fingerprint density at radius 1 is 1.21 bits per heavy atom. The van der Waals surface area contributed by atoms with Gasteiger partial charge >= 0.3 is 5.97 Å². The highest BCUT2D eigenvalue weighted by Gasteiger charge is 2.18. The quantitative estimate of drug-likeness (QED) is 0.863. The number of benzene rings is 1. The van der Waals surface area contributed by atoms with Crippen molar-refractivity contribution in [1.82, 2.24) is 4.98 Å². The molecule has 0 spiro atoms. The molecule has 0 aliphatic rings. The Labute approximate surface area is 111 Å². The number of ether oxygens (including phenoxy) is 1. The summed E-state index contributed by atoms with van der Waals surface area (Å²) in [6.07, 6.45) is 3.67. The highest BCUT2D eigenvalue weighted by Crippen LogP contribution is 2.13. The first-order valence-corrected chi connectivity index (χ1v) is 6.05. The van der Waals surface area contributed by atoms with Crippen molar-refractivity contribution >= 4 is 5.97 Å². The number of nitrogens with zero attached hydrogens (tertiary/aromatic N) is 1. The highest BCUT2D eigenvalue weighted by atomic mass is 16.5. The largest absolute Gasteiger partial charge is 0.491 e. The van der Waals surface area contributed by atoms with Crippen molar-refractivity contribution in [3.05, 3.63) is 60.4 Å². The summed E-state index contributed by atoms with van der Waals surface area (Å²) in [6, 6.07) is 13.1. The van der Waals surface area contributed by atoms with Gasteiger partial charge in [0.2, 0.25) is 0 Å². The molecule has 0 saturated carbocycles. The third kappa shape index (κ3) is 4.10. The van der Waals surface area contributed by atoms with Crippen LogP contribution in [-0.4, -0.2) is 22.7 Å². The zero-order valence-electron chi connectivity index (χ0n) is 10.4. The summed E-state index contributed by atoms with van der Waals surface area (Å²) in [5.74, 6) is -0.836. The molecule has 0 amide bonds. The number of hydrogen-bond donors (Lipinski definition) is 1. The number of aromatic nitrogens is 1. The van der Waals surface area contributed by atoms with Crippen molar-refractivity contribution in [3.8, 4) is 5.75 Å². The van der Waals surface area contributed by atoms with E-state index in [4.69, 9.17) is 4.74 Å². The Morgan fingerprint density at radius 3 is 2.63 bits per heavy atom. The van der Waals surface area contributed by atoms with E-state index in [1.165, 1.54) is 0 Å². The first-order valence-electron chi connectivity index (χ1n) is 6.05. The van der Waals surface area contributed by atoms with Gasteiger partial charge in [-0.1, -0.05) is 30.3 Å². The Bertz CT molecular complexity index is 513. The van der Waals surface area contributed by atoms with Crippen molar-refractivity contribution in [3.63, 3.8) is 0 Å². The van der Waals surface area contributed by atoms with E-state index in [9.17, 15) is 9.90 Å². The van der Waals surface area contributed by atoms with Crippen LogP contribution in [0.3, 0.4) is 0 Å². The van der Waals surface area contributed by atoms with Gasteiger partial charge in [0.15, 0.2) is 0 Å². The van der Waals surface area contributed by atoms with E-state index in [2.05, 4.69) is 4.98 Å². The zero-order chi connectivity index (χ0) is 13.5. The highest BCUT2D eigenvalue weighted by molar-refractivity contribution is 5.70. The SMILES string of the molecule is O=C(O)C(COc1cccnc1)Cc1ccccc1. The number of pyridine rings is 1. The van der Waals surface area contributed by atoms with Gasteiger partial charge in [0.1, 0.15) is 12.4 Å². The Hall–Kier alpha value is -2.36. The lowest BCUT2D eigenvalue weighted by molar-refractivity contribution is -0.142. The Morgan fingerprint density at radius 2 is 2.00 bits per heavy atom. The molecule has 1 aromatic heterocycles. The summed E-state index contributed by atoms with van der Waals surface area (Å²) in [6.45, 7) is 0.135. The molecule has 0 saturated heterocycles. The molecule has 1 aromatic carbocycles. The Balaban J connectivity index is 1.95. The third-order valence-corrected chi connectivity index (χ3v) is 2.76. The molecule has 1 heterocycles. The monoisotopic (exact) mass is 257 g/mol. The van der Waals surface area contributed by atoms with Crippen molar-refractivity contribution < 1.29 is 14.6 Å². The fourth-order valence-electron chi connectivity index (χ4n) is 1.75. The van der Waals surface area contributed by atoms with Crippen LogP contribution in [0.15, 0.2) is 54.9 Å². The number of carboxylic acid groups (broad SMARTS) is 1. The normalized spacial score (nSPS) is 11.8. The van der Waals surface area contributed by atoms with Crippen molar-refractivity contribution in [2.45, 2.75) is 6.42 Å². The molecule has 0 bridgehead atoms. The molecular formula is C15H15NO3. The van der Waals surface area contributed by atoms with Gasteiger partial charge in [-0.25, -0.2) is 0 Å². The predicted molar refractivity (Wildman–Crippen MR) is 71.0 cm³/mol. The van der Waals surface area contributed by atoms with Crippen molar-refractivity contribution in [1.29, 1.82) is 0 Å². The fraction of sp³-hybridized carbons (Fsp3) is 0.200. The van der Waals surface area contributed by atoms with Gasteiger partial charge in [0.05, 0.1) is 12.1 Å². The topological polar surface area (TPSA) is 59.4 Å². The molecule has 19 heavy (non-hydrogen) atoms. The van der Waals surface area contributed by atoms with Gasteiger partial charge in [-0.2, -0.15) is 0 Å². The number of carboxylic acids is 1. The smallest absolute Gasteiger partial charge is 0.310 e. The van der Waals surface area contributed by atoms with Crippen LogP contribution in [0.5, 0.6) is 5.75 Å². The molecule has 1 unspecified atom stereocenters. The second-order valence-electron chi connectivity index (χ2n) is 4.22. The van der Waals surface area contributed by atoms with E-state index in [-0.39, 0.29) is 6.61 Å². The lowest BCUT2D eigenvalue weighted by atomic mass is 10.0. The van der Waals surface area contributed by atoms with Crippen LogP contribution in [0.2, 0.25) is 0 Å². The van der Waals surface area contributed by atoms with Crippen molar-refractivity contribution in [2.75, 3.05) is 6.61 Å². The van der Waals surface area contributed by atoms with Crippen LogP contribution in [0.1, 0.15) is 5.56 Å². The molecule has 4 heteroatoms. The summed E-state index contributed by atoms with van der Waals surface area (Å²) >= 11 is 0. The van der Waals surface area contributed by atoms with Crippen LogP contribution in [0.4, 0.5) is 0 Å². The second-order valence-corrected chi connectivity index (χ2v) is 4.22. The average Bonchev–Trinajstić information content (AvgIpc) is 2.45. The maximum absolute atomic E-state index is 11.2. The summed E-state index contributed by atoms with van der Waals surface area (Å²) in [5.41, 5.74) is 0.990. The van der Waals surface area contributed by atoms with Crippen LogP contribution in [-0.2, 0) is 11.2 Å². The van der Waals surface area contributed by atoms with Gasteiger partial charge in [0.25, 0.3) is 0 Å². The lowest BCUT2D eigenvalue weighted by Gasteiger charge is -2.13. The molecule has 4 nitrogen and oxygen atoms in total. The summed E-state index contributed by atoms with van der Waals surface area (Å²) in [7, 11) is 0. The van der Waals surface area contributed by atoms with E-state index >= 15 is 0 Å². The molecule has 0 aliphatic heterocycles. The van der Waals surface area contributed by atoms with Crippen LogP contribution < -0.4 is 4.74 Å². The van der Waals surface area contributed by atoms with Crippen LogP contribution in [0, 0.1) is 5.92 Å². The molecule has 1 N–H and O–H groups in total. The predicted octanol–water partition coefficient (Wildman–Crippen LogP) is 2.40. The molecule has 2 rings (SSSR count). The van der Waals surface area contributed by atoms with Gasteiger partial charge < -0.3 is 9.84 Å². The van der Waals surface area contributed by atoms with Gasteiger partial charge in [-0.15, -0.1) is 0 Å². The molecule has 0 radical (unpaired) electrons. The molecule has 0 fully saturated rings. The van der Waals surface area contributed by atoms with E-state index in [0.717, 1.165) is 5.56 Å². The lowest BCUT2D eigenvalue weighted by Crippen LogP contribution is -2.23. The maximum atomic E-state index is 11.2. The molecular weight excluding hydrogens is 242 g/mol. The first-order chi connectivity index (χ1) is 9.25. The molecule has 1 atom stereocenters. The molecule has 98 valence electrons. The fourth-order valence-corrected chi connectivity index (χ4v) is 1.75. The second kappa shape index (κ2) is 6.54. The maximum Gasteiger partial charge on any atom is 0.310 e. The Kier molecular flexibility index (Phi) is 4.50. The summed E-state index contributed by atoms with van der Waals surface area (Å²) in [4.78, 5) is 15.1. The van der Waals surface area contributed by atoms with Crippen molar-refractivity contribution in [2.24, 2.45) is 5.92 Å². The number of carbonyl (C=O) groups is 1. The minimum atomic E-state index is -0.854. The van der Waals surface area contributed by atoms with Crippen LogP contribution in [0.25, 0.3) is 0 Å². The summed E-state index contributed by atoms with van der Waals surface area (Å²) in [5, 5.41) is 9.22. The molecule has 2 aromatic rings. The standard InChI is InChI=1S/C15H15NO3/c17-15(18)13(9-12-5-2-1-3-6-12)11-19-14-7-4-8-16-10-14/h1-8,10,13H,9,11H2,(H,17,18). The number of aliphatic carboxylic acids is 1. The van der Waals surface area contributed by atoms with E-state index < -0.39 is 11.9 Å². The van der Waals surface area contributed by atoms with Crippen LogP contribution >= 0.6 is 0 Å².